The number of carbonyl (C=O) groups excluding carboxylic acids is 2. The van der Waals surface area contributed by atoms with Crippen LogP contribution in [-0.4, -0.2) is 70.9 Å². The molecule has 0 bridgehead atoms. The van der Waals surface area contributed by atoms with Gasteiger partial charge in [0.25, 0.3) is 17.4 Å². The average Bonchev–Trinajstić information content (AvgIpc) is 3.09. The average molecular weight is 466 g/mol. The molecule has 1 amide bonds. The van der Waals surface area contributed by atoms with E-state index >= 15 is 0 Å². The summed E-state index contributed by atoms with van der Waals surface area (Å²) in [5.74, 6) is -1.79. The van der Waals surface area contributed by atoms with Gasteiger partial charge in [-0.15, -0.1) is 0 Å². The Bertz CT molecular complexity index is 1170. The molecule has 2 fully saturated rings. The van der Waals surface area contributed by atoms with Crippen LogP contribution in [0.15, 0.2) is 48.0 Å². The number of amides is 1. The summed E-state index contributed by atoms with van der Waals surface area (Å²) < 4.78 is 5.37. The van der Waals surface area contributed by atoms with Crippen molar-refractivity contribution in [3.63, 3.8) is 0 Å². The van der Waals surface area contributed by atoms with E-state index in [2.05, 4.69) is 4.90 Å². The molecule has 0 radical (unpaired) electrons. The number of likely N-dealkylation sites (tertiary alicyclic amines) is 1. The van der Waals surface area contributed by atoms with Gasteiger partial charge in [0, 0.05) is 43.9 Å². The van der Waals surface area contributed by atoms with Crippen LogP contribution in [0.5, 0.6) is 0 Å². The summed E-state index contributed by atoms with van der Waals surface area (Å²) in [6.45, 7) is 7.06. The fourth-order valence-corrected chi connectivity index (χ4v) is 4.48. The van der Waals surface area contributed by atoms with E-state index in [1.807, 2.05) is 26.0 Å². The molecule has 1 atom stereocenters. The van der Waals surface area contributed by atoms with Crippen molar-refractivity contribution >= 4 is 23.1 Å². The highest BCUT2D eigenvalue weighted by atomic mass is 16.6. The van der Waals surface area contributed by atoms with Crippen molar-refractivity contribution in [2.24, 2.45) is 0 Å². The molecule has 2 aromatic carbocycles. The zero-order valence-corrected chi connectivity index (χ0v) is 19.2. The number of aliphatic hydroxyl groups is 1. The maximum Gasteiger partial charge on any atom is 0.295 e. The number of nitro benzene ring substituents is 1. The summed E-state index contributed by atoms with van der Waals surface area (Å²) in [6, 6.07) is 10.4. The molecule has 2 aromatic rings. The summed E-state index contributed by atoms with van der Waals surface area (Å²) >= 11 is 0. The van der Waals surface area contributed by atoms with Crippen LogP contribution in [0, 0.1) is 24.0 Å². The monoisotopic (exact) mass is 465 g/mol. The minimum atomic E-state index is -0.930. The second-order valence-corrected chi connectivity index (χ2v) is 8.62. The molecule has 0 unspecified atom stereocenters. The van der Waals surface area contributed by atoms with Crippen molar-refractivity contribution in [2.45, 2.75) is 19.9 Å². The van der Waals surface area contributed by atoms with Gasteiger partial charge in [0.1, 0.15) is 5.76 Å². The highest BCUT2D eigenvalue weighted by Gasteiger charge is 2.46. The number of aliphatic hydroxyl groups excluding tert-OH is 1. The number of ketones is 1. The molecular formula is C25H27N3O6. The SMILES string of the molecule is Cc1ccc(C)c(C(O)=C2C(=O)C(=O)N(CCN3CCOCC3)[C@@H]2c2cccc([N+](=O)[O-])c2)c1. The van der Waals surface area contributed by atoms with Crippen molar-refractivity contribution in [3.8, 4) is 0 Å². The molecule has 34 heavy (non-hydrogen) atoms. The van der Waals surface area contributed by atoms with Gasteiger partial charge in [-0.1, -0.05) is 29.8 Å². The topological polar surface area (TPSA) is 113 Å². The van der Waals surface area contributed by atoms with Gasteiger partial charge in [0.05, 0.1) is 29.8 Å². The Kier molecular flexibility index (Phi) is 6.76. The van der Waals surface area contributed by atoms with E-state index in [0.29, 0.717) is 44.0 Å². The number of Topliss-reactive ketones (excluding diaryl/α,β-unsaturated/α-hetero) is 1. The number of nitro groups is 1. The van der Waals surface area contributed by atoms with Crippen LogP contribution in [0.2, 0.25) is 0 Å². The summed E-state index contributed by atoms with van der Waals surface area (Å²) in [7, 11) is 0. The molecule has 178 valence electrons. The predicted octanol–water partition coefficient (Wildman–Crippen LogP) is 2.97. The summed E-state index contributed by atoms with van der Waals surface area (Å²) in [5.41, 5.74) is 2.30. The minimum absolute atomic E-state index is 0.0545. The Balaban J connectivity index is 1.81. The van der Waals surface area contributed by atoms with Crippen molar-refractivity contribution in [2.75, 3.05) is 39.4 Å². The van der Waals surface area contributed by atoms with Crippen LogP contribution in [0.4, 0.5) is 5.69 Å². The Morgan fingerprint density at radius 3 is 2.56 bits per heavy atom. The van der Waals surface area contributed by atoms with Crippen molar-refractivity contribution in [1.82, 2.24) is 9.80 Å². The molecule has 0 spiro atoms. The van der Waals surface area contributed by atoms with E-state index < -0.39 is 22.7 Å². The number of rotatable bonds is 6. The quantitative estimate of drug-likeness (QED) is 0.229. The summed E-state index contributed by atoms with van der Waals surface area (Å²) in [5, 5.41) is 22.7. The summed E-state index contributed by atoms with van der Waals surface area (Å²) in [4.78, 5) is 40.8. The highest BCUT2D eigenvalue weighted by molar-refractivity contribution is 6.46. The lowest BCUT2D eigenvalue weighted by Crippen LogP contribution is -2.42. The molecule has 2 aliphatic rings. The number of ether oxygens (including phenoxy) is 1. The Labute approximate surface area is 197 Å². The van der Waals surface area contributed by atoms with Gasteiger partial charge in [-0.25, -0.2) is 0 Å². The maximum atomic E-state index is 13.2. The molecule has 0 aromatic heterocycles. The Morgan fingerprint density at radius 2 is 1.85 bits per heavy atom. The number of aryl methyl sites for hydroxylation is 2. The molecule has 4 rings (SSSR count). The number of benzene rings is 2. The number of carbonyl (C=O) groups is 2. The zero-order valence-electron chi connectivity index (χ0n) is 19.2. The zero-order chi connectivity index (χ0) is 24.4. The Hall–Kier alpha value is -3.56. The third-order valence-electron chi connectivity index (χ3n) is 6.35. The second kappa shape index (κ2) is 9.74. The second-order valence-electron chi connectivity index (χ2n) is 8.62. The predicted molar refractivity (Wildman–Crippen MR) is 125 cm³/mol. The maximum absolute atomic E-state index is 13.2. The van der Waals surface area contributed by atoms with Crippen molar-refractivity contribution < 1.29 is 24.4 Å². The first-order chi connectivity index (χ1) is 16.3. The minimum Gasteiger partial charge on any atom is -0.507 e. The van der Waals surface area contributed by atoms with E-state index in [1.165, 1.54) is 23.1 Å². The fraction of sp³-hybridized carbons (Fsp3) is 0.360. The van der Waals surface area contributed by atoms with Gasteiger partial charge in [-0.3, -0.25) is 24.6 Å². The molecule has 2 saturated heterocycles. The molecule has 2 aliphatic heterocycles. The summed E-state index contributed by atoms with van der Waals surface area (Å²) in [6.07, 6.45) is 0. The first-order valence-electron chi connectivity index (χ1n) is 11.2. The van der Waals surface area contributed by atoms with Gasteiger partial charge in [-0.2, -0.15) is 0 Å². The van der Waals surface area contributed by atoms with Crippen LogP contribution >= 0.6 is 0 Å². The molecule has 9 heteroatoms. The number of hydrogen-bond acceptors (Lipinski definition) is 7. The highest BCUT2D eigenvalue weighted by Crippen LogP contribution is 2.40. The molecule has 1 N–H and O–H groups in total. The number of nitrogens with zero attached hydrogens (tertiary/aromatic N) is 3. The van der Waals surface area contributed by atoms with E-state index in [9.17, 15) is 24.8 Å². The van der Waals surface area contributed by atoms with Crippen LogP contribution in [0.1, 0.15) is 28.3 Å². The number of hydrogen-bond donors (Lipinski definition) is 1. The smallest absolute Gasteiger partial charge is 0.295 e. The molecule has 2 heterocycles. The first kappa shape index (κ1) is 23.6. The third-order valence-corrected chi connectivity index (χ3v) is 6.35. The van der Waals surface area contributed by atoms with Gasteiger partial charge in [-0.05, 0) is 31.0 Å². The Morgan fingerprint density at radius 1 is 1.12 bits per heavy atom. The standard InChI is InChI=1S/C25H27N3O6/c1-16-6-7-17(2)20(14-16)23(29)21-22(18-4-3-5-19(15-18)28(32)33)27(25(31)24(21)30)9-8-26-10-12-34-13-11-26/h3-7,14-15,22,29H,8-13H2,1-2H3/t22-/m1/s1. The largest absolute Gasteiger partial charge is 0.507 e. The molecule has 9 nitrogen and oxygen atoms in total. The van der Waals surface area contributed by atoms with E-state index in [0.717, 1.165) is 11.1 Å². The van der Waals surface area contributed by atoms with E-state index in [1.54, 1.807) is 12.1 Å². The van der Waals surface area contributed by atoms with Gasteiger partial charge in [0.2, 0.25) is 0 Å². The lowest BCUT2D eigenvalue weighted by Gasteiger charge is -2.31. The number of non-ortho nitro benzene ring substituents is 1. The third kappa shape index (κ3) is 4.57. The van der Waals surface area contributed by atoms with Crippen LogP contribution in [0.25, 0.3) is 5.76 Å². The molecule has 0 aliphatic carbocycles. The van der Waals surface area contributed by atoms with Gasteiger partial charge < -0.3 is 14.7 Å². The van der Waals surface area contributed by atoms with Crippen LogP contribution in [0.3, 0.4) is 0 Å². The fourth-order valence-electron chi connectivity index (χ4n) is 4.48. The van der Waals surface area contributed by atoms with Crippen LogP contribution < -0.4 is 0 Å². The van der Waals surface area contributed by atoms with Crippen LogP contribution in [-0.2, 0) is 14.3 Å². The molecule has 0 saturated carbocycles. The lowest BCUT2D eigenvalue weighted by molar-refractivity contribution is -0.384. The van der Waals surface area contributed by atoms with E-state index in [-0.39, 0.29) is 23.6 Å². The first-order valence-corrected chi connectivity index (χ1v) is 11.2. The van der Waals surface area contributed by atoms with Gasteiger partial charge >= 0.3 is 0 Å². The number of morpholine rings is 1. The lowest BCUT2D eigenvalue weighted by atomic mass is 9.93. The van der Waals surface area contributed by atoms with Crippen molar-refractivity contribution in [1.29, 1.82) is 0 Å². The van der Waals surface area contributed by atoms with E-state index in [4.69, 9.17) is 4.74 Å². The normalized spacial score (nSPS) is 20.6. The van der Waals surface area contributed by atoms with Crippen molar-refractivity contribution in [3.05, 3.63) is 80.4 Å². The van der Waals surface area contributed by atoms with Gasteiger partial charge in [0.15, 0.2) is 0 Å². The molecular weight excluding hydrogens is 438 g/mol.